The molecule has 0 spiro atoms. The second-order valence-corrected chi connectivity index (χ2v) is 9.76. The zero-order valence-electron chi connectivity index (χ0n) is 17.0. The van der Waals surface area contributed by atoms with Crippen molar-refractivity contribution in [3.05, 3.63) is 64.9 Å². The van der Waals surface area contributed by atoms with Gasteiger partial charge in [0.15, 0.2) is 0 Å². The summed E-state index contributed by atoms with van der Waals surface area (Å²) in [6.45, 7) is 3.32. The summed E-state index contributed by atoms with van der Waals surface area (Å²) < 4.78 is 40.0. The molecule has 0 bridgehead atoms. The largest absolute Gasteiger partial charge is 0.339 e. The molecule has 0 N–H and O–H groups in total. The van der Waals surface area contributed by atoms with Crippen molar-refractivity contribution >= 4 is 27.5 Å². The van der Waals surface area contributed by atoms with E-state index in [0.29, 0.717) is 18.1 Å². The van der Waals surface area contributed by atoms with Crippen LogP contribution in [0.15, 0.2) is 53.4 Å². The first kappa shape index (κ1) is 22.7. The number of piperazine rings is 1. The van der Waals surface area contributed by atoms with E-state index in [1.807, 2.05) is 18.9 Å². The maximum atomic E-state index is 13.1. The fourth-order valence-corrected chi connectivity index (χ4v) is 4.93. The molecule has 0 aliphatic carbocycles. The highest BCUT2D eigenvalue weighted by atomic mass is 35.5. The Bertz CT molecular complexity index is 976. The van der Waals surface area contributed by atoms with Crippen LogP contribution in [-0.4, -0.2) is 68.2 Å². The number of rotatable bonds is 6. The molecule has 0 aromatic heterocycles. The Morgan fingerprint density at radius 1 is 1.07 bits per heavy atom. The van der Waals surface area contributed by atoms with Crippen LogP contribution >= 0.6 is 11.6 Å². The lowest BCUT2D eigenvalue weighted by Gasteiger charge is -2.35. The third-order valence-corrected chi connectivity index (χ3v) is 7.61. The van der Waals surface area contributed by atoms with Crippen LogP contribution in [-0.2, 0) is 14.8 Å². The third kappa shape index (κ3) is 5.18. The van der Waals surface area contributed by atoms with E-state index in [0.717, 1.165) is 5.56 Å². The third-order valence-electron chi connectivity index (χ3n) is 5.44. The molecule has 1 unspecified atom stereocenters. The zero-order valence-corrected chi connectivity index (χ0v) is 18.5. The first-order chi connectivity index (χ1) is 14.2. The summed E-state index contributed by atoms with van der Waals surface area (Å²) >= 11 is 5.84. The SMILES string of the molecule is CC(c1ccc(F)cc1)N(C)CC(=O)N1CCN(S(=O)(=O)c2ccc(Cl)cc2)CC1. The molecule has 1 aliphatic heterocycles. The van der Waals surface area contributed by atoms with E-state index in [4.69, 9.17) is 11.6 Å². The minimum absolute atomic E-state index is 0.0545. The molecule has 1 saturated heterocycles. The average Bonchev–Trinajstić information content (AvgIpc) is 2.74. The monoisotopic (exact) mass is 453 g/mol. The predicted molar refractivity (Wildman–Crippen MR) is 114 cm³/mol. The highest BCUT2D eigenvalue weighted by molar-refractivity contribution is 7.89. The van der Waals surface area contributed by atoms with Crippen molar-refractivity contribution in [2.45, 2.75) is 17.9 Å². The summed E-state index contributed by atoms with van der Waals surface area (Å²) in [6.07, 6.45) is 0. The highest BCUT2D eigenvalue weighted by Crippen LogP contribution is 2.21. The van der Waals surface area contributed by atoms with Gasteiger partial charge in [-0.3, -0.25) is 9.69 Å². The number of carbonyl (C=O) groups is 1. The molecule has 1 fully saturated rings. The van der Waals surface area contributed by atoms with Crippen molar-refractivity contribution in [1.29, 1.82) is 0 Å². The number of halogens is 2. The molecular formula is C21H25ClFN3O3S. The van der Waals surface area contributed by atoms with Crippen molar-refractivity contribution in [1.82, 2.24) is 14.1 Å². The number of nitrogens with zero attached hydrogens (tertiary/aromatic N) is 3. The number of hydrogen-bond acceptors (Lipinski definition) is 4. The molecule has 1 atom stereocenters. The number of sulfonamides is 1. The van der Waals surface area contributed by atoms with Crippen LogP contribution in [0.5, 0.6) is 0 Å². The van der Waals surface area contributed by atoms with E-state index in [1.165, 1.54) is 28.6 Å². The van der Waals surface area contributed by atoms with Gasteiger partial charge in [0.25, 0.3) is 0 Å². The fraction of sp³-hybridized carbons (Fsp3) is 0.381. The summed E-state index contributed by atoms with van der Waals surface area (Å²) in [5, 5.41) is 0.475. The van der Waals surface area contributed by atoms with E-state index in [-0.39, 0.29) is 42.3 Å². The van der Waals surface area contributed by atoms with Crippen LogP contribution in [0.25, 0.3) is 0 Å². The van der Waals surface area contributed by atoms with E-state index in [9.17, 15) is 17.6 Å². The number of carbonyl (C=O) groups excluding carboxylic acids is 1. The summed E-state index contributed by atoms with van der Waals surface area (Å²) in [4.78, 5) is 16.5. The van der Waals surface area contributed by atoms with Crippen molar-refractivity contribution in [3.8, 4) is 0 Å². The van der Waals surface area contributed by atoms with Crippen LogP contribution in [0.1, 0.15) is 18.5 Å². The molecule has 2 aromatic carbocycles. The van der Waals surface area contributed by atoms with Crippen molar-refractivity contribution in [2.24, 2.45) is 0 Å². The van der Waals surface area contributed by atoms with Gasteiger partial charge in [-0.2, -0.15) is 4.31 Å². The Balaban J connectivity index is 1.56. The van der Waals surface area contributed by atoms with Gasteiger partial charge in [-0.25, -0.2) is 12.8 Å². The quantitative estimate of drug-likeness (QED) is 0.674. The van der Waals surface area contributed by atoms with Gasteiger partial charge in [-0.1, -0.05) is 23.7 Å². The highest BCUT2D eigenvalue weighted by Gasteiger charge is 2.30. The van der Waals surface area contributed by atoms with E-state index >= 15 is 0 Å². The van der Waals surface area contributed by atoms with Crippen molar-refractivity contribution in [3.63, 3.8) is 0 Å². The molecule has 1 heterocycles. The Morgan fingerprint density at radius 3 is 2.20 bits per heavy atom. The van der Waals surface area contributed by atoms with Gasteiger partial charge in [0.1, 0.15) is 5.82 Å². The van der Waals surface area contributed by atoms with Gasteiger partial charge >= 0.3 is 0 Å². The molecule has 1 amide bonds. The summed E-state index contributed by atoms with van der Waals surface area (Å²) in [7, 11) is -1.77. The first-order valence-corrected chi connectivity index (χ1v) is 11.5. The number of likely N-dealkylation sites (N-methyl/N-ethyl adjacent to an activating group) is 1. The Morgan fingerprint density at radius 2 is 1.63 bits per heavy atom. The summed E-state index contributed by atoms with van der Waals surface area (Å²) in [5.74, 6) is -0.355. The minimum Gasteiger partial charge on any atom is -0.339 e. The number of benzene rings is 2. The first-order valence-electron chi connectivity index (χ1n) is 9.67. The Hall–Kier alpha value is -2.00. The molecule has 30 heavy (non-hydrogen) atoms. The van der Waals surface area contributed by atoms with Crippen LogP contribution in [0, 0.1) is 5.82 Å². The number of amides is 1. The molecular weight excluding hydrogens is 429 g/mol. The van der Waals surface area contributed by atoms with Crippen molar-refractivity contribution < 1.29 is 17.6 Å². The maximum Gasteiger partial charge on any atom is 0.243 e. The number of hydrogen-bond donors (Lipinski definition) is 0. The van der Waals surface area contributed by atoms with Crippen LogP contribution in [0.3, 0.4) is 0 Å². The topological polar surface area (TPSA) is 60.9 Å². The van der Waals surface area contributed by atoms with Gasteiger partial charge in [-0.15, -0.1) is 0 Å². The molecule has 0 saturated carbocycles. The second kappa shape index (κ2) is 9.43. The van der Waals surface area contributed by atoms with E-state index in [1.54, 1.807) is 29.2 Å². The molecule has 3 rings (SSSR count). The molecule has 162 valence electrons. The lowest BCUT2D eigenvalue weighted by atomic mass is 10.1. The smallest absolute Gasteiger partial charge is 0.243 e. The Kier molecular flexibility index (Phi) is 7.13. The minimum atomic E-state index is -3.61. The van der Waals surface area contributed by atoms with Gasteiger partial charge < -0.3 is 4.90 Å². The molecule has 6 nitrogen and oxygen atoms in total. The standard InChI is InChI=1S/C21H25ClFN3O3S/c1-16(17-3-7-19(23)8-4-17)24(2)15-21(27)25-11-13-26(14-12-25)30(28,29)20-9-5-18(22)6-10-20/h3-10,16H,11-15H2,1-2H3. The lowest BCUT2D eigenvalue weighted by molar-refractivity contribution is -0.133. The fourth-order valence-electron chi connectivity index (χ4n) is 3.38. The maximum absolute atomic E-state index is 13.1. The zero-order chi connectivity index (χ0) is 21.9. The van der Waals surface area contributed by atoms with E-state index in [2.05, 4.69) is 0 Å². The molecule has 2 aromatic rings. The van der Waals surface area contributed by atoms with Crippen molar-refractivity contribution in [2.75, 3.05) is 39.8 Å². The second-order valence-electron chi connectivity index (χ2n) is 7.38. The summed E-state index contributed by atoms with van der Waals surface area (Å²) in [5.41, 5.74) is 0.922. The van der Waals surface area contributed by atoms with Gasteiger partial charge in [0.2, 0.25) is 15.9 Å². The van der Waals surface area contributed by atoms with Gasteiger partial charge in [0, 0.05) is 37.2 Å². The van der Waals surface area contributed by atoms with Crippen LogP contribution in [0.2, 0.25) is 5.02 Å². The summed E-state index contributed by atoms with van der Waals surface area (Å²) in [6, 6.07) is 12.2. The van der Waals surface area contributed by atoms with Gasteiger partial charge in [0.05, 0.1) is 11.4 Å². The molecule has 9 heteroatoms. The van der Waals surface area contributed by atoms with E-state index < -0.39 is 10.0 Å². The van der Waals surface area contributed by atoms with Gasteiger partial charge in [-0.05, 0) is 55.9 Å². The average molecular weight is 454 g/mol. The normalized spacial score (nSPS) is 16.6. The molecule has 0 radical (unpaired) electrons. The Labute approximate surface area is 181 Å². The lowest BCUT2D eigenvalue weighted by Crippen LogP contribution is -2.52. The van der Waals surface area contributed by atoms with Crippen LogP contribution < -0.4 is 0 Å². The molecule has 1 aliphatic rings. The van der Waals surface area contributed by atoms with Crippen LogP contribution in [0.4, 0.5) is 4.39 Å². The predicted octanol–water partition coefficient (Wildman–Crippen LogP) is 3.01.